The lowest BCUT2D eigenvalue weighted by Gasteiger charge is -2.23. The number of aromatic amines is 1. The van der Waals surface area contributed by atoms with Gasteiger partial charge in [0.1, 0.15) is 11.7 Å². The summed E-state index contributed by atoms with van der Waals surface area (Å²) in [7, 11) is 0. The van der Waals surface area contributed by atoms with Gasteiger partial charge in [-0.15, -0.1) is 0 Å². The highest BCUT2D eigenvalue weighted by Crippen LogP contribution is 2.65. The third-order valence-electron chi connectivity index (χ3n) is 5.82. The van der Waals surface area contributed by atoms with E-state index in [4.69, 9.17) is 11.6 Å². The van der Waals surface area contributed by atoms with Crippen LogP contribution in [0.3, 0.4) is 0 Å². The van der Waals surface area contributed by atoms with E-state index in [2.05, 4.69) is 10.3 Å². The van der Waals surface area contributed by atoms with Crippen LogP contribution >= 0.6 is 11.6 Å². The Hall–Kier alpha value is -2.22. The van der Waals surface area contributed by atoms with E-state index >= 15 is 0 Å². The van der Waals surface area contributed by atoms with Gasteiger partial charge >= 0.3 is 0 Å². The summed E-state index contributed by atoms with van der Waals surface area (Å²) in [4.78, 5) is 29.5. The molecular weight excluding hydrogens is 395 g/mol. The van der Waals surface area contributed by atoms with Gasteiger partial charge in [0.25, 0.3) is 11.8 Å². The minimum absolute atomic E-state index is 0.0152. The first kappa shape index (κ1) is 19.1. The van der Waals surface area contributed by atoms with Crippen molar-refractivity contribution in [2.45, 2.75) is 38.2 Å². The molecule has 1 spiro atoms. The Morgan fingerprint density at radius 2 is 2.11 bits per heavy atom. The molecule has 1 aliphatic carbocycles. The Kier molecular flexibility index (Phi) is 4.37. The van der Waals surface area contributed by atoms with Crippen molar-refractivity contribution in [2.75, 3.05) is 13.1 Å². The second-order valence-corrected chi connectivity index (χ2v) is 8.02. The van der Waals surface area contributed by atoms with E-state index in [0.29, 0.717) is 11.9 Å². The Morgan fingerprint density at radius 3 is 2.71 bits per heavy atom. The second kappa shape index (κ2) is 6.40. The van der Waals surface area contributed by atoms with Gasteiger partial charge in [0.15, 0.2) is 5.82 Å². The normalized spacial score (nSPS) is 24.0. The van der Waals surface area contributed by atoms with E-state index < -0.39 is 29.1 Å². The van der Waals surface area contributed by atoms with Gasteiger partial charge < -0.3 is 15.2 Å². The van der Waals surface area contributed by atoms with Crippen LogP contribution in [0.4, 0.5) is 13.2 Å². The van der Waals surface area contributed by atoms with Crippen LogP contribution in [-0.4, -0.2) is 46.8 Å². The SMILES string of the molecule is CC[C@@H](NC(=O)c1cc2c(F)c(Cl)ccc2[nH]1)C(=O)N1CC[C@@]2(C1)CC2(F)F. The molecule has 0 bridgehead atoms. The number of nitrogens with zero attached hydrogens (tertiary/aromatic N) is 1. The monoisotopic (exact) mass is 413 g/mol. The number of benzene rings is 1. The van der Waals surface area contributed by atoms with Crippen LogP contribution in [0, 0.1) is 11.2 Å². The number of nitrogens with one attached hydrogen (secondary N) is 2. The number of aromatic nitrogens is 1. The number of hydrogen-bond donors (Lipinski definition) is 2. The average molecular weight is 414 g/mol. The van der Waals surface area contributed by atoms with Crippen molar-refractivity contribution in [3.8, 4) is 0 Å². The van der Waals surface area contributed by atoms with Crippen molar-refractivity contribution in [2.24, 2.45) is 5.41 Å². The fourth-order valence-electron chi connectivity index (χ4n) is 3.94. The molecule has 5 nitrogen and oxygen atoms in total. The van der Waals surface area contributed by atoms with Gasteiger partial charge in [-0.05, 0) is 31.0 Å². The number of hydrogen-bond acceptors (Lipinski definition) is 2. The van der Waals surface area contributed by atoms with Gasteiger partial charge in [0.05, 0.1) is 10.4 Å². The van der Waals surface area contributed by atoms with Gasteiger partial charge in [-0.3, -0.25) is 9.59 Å². The zero-order valence-electron chi connectivity index (χ0n) is 15.1. The van der Waals surface area contributed by atoms with E-state index in [1.807, 2.05) is 0 Å². The third-order valence-corrected chi connectivity index (χ3v) is 6.12. The second-order valence-electron chi connectivity index (χ2n) is 7.61. The Morgan fingerprint density at radius 1 is 1.39 bits per heavy atom. The smallest absolute Gasteiger partial charge is 0.268 e. The zero-order chi connectivity index (χ0) is 20.3. The number of fused-ring (bicyclic) bond motifs is 1. The molecule has 1 aromatic heterocycles. The average Bonchev–Trinajstić information content (AvgIpc) is 3.05. The van der Waals surface area contributed by atoms with Crippen molar-refractivity contribution in [3.05, 3.63) is 34.7 Å². The molecule has 2 atom stereocenters. The highest BCUT2D eigenvalue weighted by Gasteiger charge is 2.73. The van der Waals surface area contributed by atoms with Crippen molar-refractivity contribution in [1.29, 1.82) is 0 Å². The Bertz CT molecular complexity index is 977. The topological polar surface area (TPSA) is 65.2 Å². The predicted octanol–water partition coefficient (Wildman–Crippen LogP) is 3.73. The number of rotatable bonds is 4. The van der Waals surface area contributed by atoms with E-state index in [1.165, 1.54) is 17.0 Å². The minimum Gasteiger partial charge on any atom is -0.350 e. The number of amides is 2. The number of H-pyrrole nitrogens is 1. The van der Waals surface area contributed by atoms with Crippen LogP contribution in [0.25, 0.3) is 10.9 Å². The van der Waals surface area contributed by atoms with Crippen molar-refractivity contribution in [3.63, 3.8) is 0 Å². The molecule has 150 valence electrons. The first-order valence-electron chi connectivity index (χ1n) is 9.12. The van der Waals surface area contributed by atoms with Crippen LogP contribution in [0.15, 0.2) is 18.2 Å². The molecule has 28 heavy (non-hydrogen) atoms. The van der Waals surface area contributed by atoms with E-state index in [0.717, 1.165) is 0 Å². The molecular formula is C19H19ClF3N3O2. The highest BCUT2D eigenvalue weighted by atomic mass is 35.5. The standard InChI is InChI=1S/C19H19ClF3N3O2/c1-2-12(17(28)26-6-5-18(9-26)8-19(18,22)23)25-16(27)14-7-10-13(24-14)4-3-11(20)15(10)21/h3-4,7,12,24H,2,5-6,8-9H2,1H3,(H,25,27)/t12-,18+/m1/s1. The van der Waals surface area contributed by atoms with Gasteiger partial charge in [-0.1, -0.05) is 18.5 Å². The number of carbonyl (C=O) groups is 2. The molecule has 1 saturated carbocycles. The first-order chi connectivity index (χ1) is 13.2. The molecule has 1 aromatic carbocycles. The zero-order valence-corrected chi connectivity index (χ0v) is 15.9. The van der Waals surface area contributed by atoms with Crippen LogP contribution in [0.1, 0.15) is 36.7 Å². The maximum absolute atomic E-state index is 14.1. The lowest BCUT2D eigenvalue weighted by Crippen LogP contribution is -2.47. The van der Waals surface area contributed by atoms with E-state index in [1.54, 1.807) is 13.0 Å². The van der Waals surface area contributed by atoms with Crippen molar-refractivity contribution < 1.29 is 22.8 Å². The molecule has 2 fully saturated rings. The molecule has 4 rings (SSSR count). The molecule has 2 heterocycles. The lowest BCUT2D eigenvalue weighted by molar-refractivity contribution is -0.132. The predicted molar refractivity (Wildman–Crippen MR) is 98.0 cm³/mol. The highest BCUT2D eigenvalue weighted by molar-refractivity contribution is 6.31. The van der Waals surface area contributed by atoms with Crippen molar-refractivity contribution >= 4 is 34.3 Å². The number of carbonyl (C=O) groups excluding carboxylic acids is 2. The molecule has 2 aliphatic rings. The first-order valence-corrected chi connectivity index (χ1v) is 9.49. The molecule has 2 amide bonds. The van der Waals surface area contributed by atoms with Crippen LogP contribution in [-0.2, 0) is 4.79 Å². The summed E-state index contributed by atoms with van der Waals surface area (Å²) >= 11 is 5.75. The van der Waals surface area contributed by atoms with Gasteiger partial charge in [0, 0.05) is 30.4 Å². The molecule has 1 saturated heterocycles. The van der Waals surface area contributed by atoms with Crippen LogP contribution in [0.2, 0.25) is 5.02 Å². The van der Waals surface area contributed by atoms with Gasteiger partial charge in [0.2, 0.25) is 5.91 Å². The molecule has 9 heteroatoms. The molecule has 2 aromatic rings. The van der Waals surface area contributed by atoms with Crippen LogP contribution < -0.4 is 5.32 Å². The summed E-state index contributed by atoms with van der Waals surface area (Å²) in [6.45, 7) is 2.00. The molecule has 2 N–H and O–H groups in total. The molecule has 0 unspecified atom stereocenters. The summed E-state index contributed by atoms with van der Waals surface area (Å²) in [5.41, 5.74) is -0.586. The van der Waals surface area contributed by atoms with Gasteiger partial charge in [-0.2, -0.15) is 0 Å². The van der Waals surface area contributed by atoms with E-state index in [-0.39, 0.29) is 47.9 Å². The Labute approximate surface area is 164 Å². The minimum atomic E-state index is -2.71. The summed E-state index contributed by atoms with van der Waals surface area (Å²) in [6.07, 6.45) is 0.402. The summed E-state index contributed by atoms with van der Waals surface area (Å²) in [5.74, 6) is -4.29. The third kappa shape index (κ3) is 2.94. The van der Waals surface area contributed by atoms with Crippen LogP contribution in [0.5, 0.6) is 0 Å². The number of alkyl halides is 2. The Balaban J connectivity index is 1.47. The summed E-state index contributed by atoms with van der Waals surface area (Å²) in [5, 5.41) is 2.74. The number of likely N-dealkylation sites (tertiary alicyclic amines) is 1. The summed E-state index contributed by atoms with van der Waals surface area (Å²) < 4.78 is 41.2. The maximum Gasteiger partial charge on any atom is 0.268 e. The van der Waals surface area contributed by atoms with E-state index in [9.17, 15) is 22.8 Å². The van der Waals surface area contributed by atoms with Crippen molar-refractivity contribution in [1.82, 2.24) is 15.2 Å². The summed E-state index contributed by atoms with van der Waals surface area (Å²) in [6, 6.07) is 3.43. The molecule has 0 radical (unpaired) electrons. The largest absolute Gasteiger partial charge is 0.350 e. The fraction of sp³-hybridized carbons (Fsp3) is 0.474. The molecule has 1 aliphatic heterocycles. The fourth-order valence-corrected chi connectivity index (χ4v) is 4.11. The quantitative estimate of drug-likeness (QED) is 0.802. The number of halogens is 4. The lowest BCUT2D eigenvalue weighted by atomic mass is 10.1. The maximum atomic E-state index is 14.1. The van der Waals surface area contributed by atoms with Gasteiger partial charge in [-0.25, -0.2) is 13.2 Å².